The molecule has 2 heterocycles. The zero-order valence-corrected chi connectivity index (χ0v) is 5.83. The molecular formula is C6H7N3O2. The lowest BCUT2D eigenvalue weighted by Gasteiger charge is -1.96. The van der Waals surface area contributed by atoms with E-state index < -0.39 is 11.1 Å². The highest BCUT2D eigenvalue weighted by Gasteiger charge is 2.13. The number of aromatic amines is 1. The number of rotatable bonds is 0. The molecule has 1 N–H and O–H groups in total. The van der Waals surface area contributed by atoms with Crippen LogP contribution in [0.3, 0.4) is 0 Å². The fourth-order valence-electron chi connectivity index (χ4n) is 1.28. The van der Waals surface area contributed by atoms with E-state index in [2.05, 4.69) is 10.2 Å². The lowest BCUT2D eigenvalue weighted by molar-refractivity contribution is 0.679. The SMILES string of the molecule is O=c1[nH]nc2n(c1=O)CCC2. The van der Waals surface area contributed by atoms with E-state index in [-0.39, 0.29) is 0 Å². The van der Waals surface area contributed by atoms with Gasteiger partial charge in [-0.05, 0) is 6.42 Å². The van der Waals surface area contributed by atoms with E-state index >= 15 is 0 Å². The summed E-state index contributed by atoms with van der Waals surface area (Å²) < 4.78 is 1.43. The second-order valence-electron chi connectivity index (χ2n) is 2.53. The van der Waals surface area contributed by atoms with Gasteiger partial charge in [-0.3, -0.25) is 14.2 Å². The van der Waals surface area contributed by atoms with Crippen molar-refractivity contribution in [2.75, 3.05) is 0 Å². The van der Waals surface area contributed by atoms with Gasteiger partial charge in [0.2, 0.25) is 0 Å². The van der Waals surface area contributed by atoms with Crippen molar-refractivity contribution in [1.82, 2.24) is 14.8 Å². The number of aromatic nitrogens is 3. The summed E-state index contributed by atoms with van der Waals surface area (Å²) in [5, 5.41) is 5.91. The fraction of sp³-hybridized carbons (Fsp3) is 0.500. The van der Waals surface area contributed by atoms with Crippen LogP contribution in [0.25, 0.3) is 0 Å². The van der Waals surface area contributed by atoms with E-state index in [0.29, 0.717) is 12.4 Å². The Balaban J connectivity index is 2.82. The van der Waals surface area contributed by atoms with Crippen LogP contribution in [-0.2, 0) is 13.0 Å². The number of hydrogen-bond donors (Lipinski definition) is 1. The van der Waals surface area contributed by atoms with Crippen molar-refractivity contribution in [3.8, 4) is 0 Å². The van der Waals surface area contributed by atoms with Crippen LogP contribution in [0.4, 0.5) is 0 Å². The Morgan fingerprint density at radius 3 is 3.09 bits per heavy atom. The molecule has 1 aliphatic heterocycles. The molecule has 0 unspecified atom stereocenters. The van der Waals surface area contributed by atoms with Crippen molar-refractivity contribution in [2.45, 2.75) is 19.4 Å². The predicted octanol–water partition coefficient (Wildman–Crippen LogP) is -1.12. The minimum atomic E-state index is -0.629. The van der Waals surface area contributed by atoms with Crippen LogP contribution in [0.5, 0.6) is 0 Å². The van der Waals surface area contributed by atoms with Gasteiger partial charge in [0, 0.05) is 13.0 Å². The van der Waals surface area contributed by atoms with E-state index in [1.165, 1.54) is 4.57 Å². The molecule has 0 bridgehead atoms. The van der Waals surface area contributed by atoms with E-state index in [9.17, 15) is 9.59 Å². The number of H-pyrrole nitrogens is 1. The first-order chi connectivity index (χ1) is 5.29. The number of aryl methyl sites for hydroxylation is 1. The van der Waals surface area contributed by atoms with Gasteiger partial charge < -0.3 is 0 Å². The van der Waals surface area contributed by atoms with Crippen LogP contribution < -0.4 is 11.1 Å². The molecule has 1 aromatic rings. The third-order valence-electron chi connectivity index (χ3n) is 1.82. The van der Waals surface area contributed by atoms with Gasteiger partial charge >= 0.3 is 11.1 Å². The molecular weight excluding hydrogens is 146 g/mol. The maximum absolute atomic E-state index is 11.0. The topological polar surface area (TPSA) is 67.8 Å². The van der Waals surface area contributed by atoms with Gasteiger partial charge in [-0.15, -0.1) is 0 Å². The quantitative estimate of drug-likeness (QED) is 0.480. The van der Waals surface area contributed by atoms with E-state index in [1.807, 2.05) is 0 Å². The standard InChI is InChI=1S/C6H7N3O2/c10-5-6(11)9-3-1-2-4(9)7-8-5/h1-3H2,(H,8,10). The summed E-state index contributed by atoms with van der Waals surface area (Å²) in [6.45, 7) is 0.630. The second kappa shape index (κ2) is 2.05. The summed E-state index contributed by atoms with van der Waals surface area (Å²) in [5.74, 6) is 0.689. The molecule has 0 spiro atoms. The third-order valence-corrected chi connectivity index (χ3v) is 1.82. The lowest BCUT2D eigenvalue weighted by atomic mass is 10.4. The first kappa shape index (κ1) is 6.33. The smallest absolute Gasteiger partial charge is 0.290 e. The van der Waals surface area contributed by atoms with Gasteiger partial charge in [-0.2, -0.15) is 5.10 Å². The van der Waals surface area contributed by atoms with E-state index in [0.717, 1.165) is 12.8 Å². The molecule has 0 fully saturated rings. The molecule has 0 aliphatic carbocycles. The molecule has 0 radical (unpaired) electrons. The van der Waals surface area contributed by atoms with Gasteiger partial charge in [0.15, 0.2) is 0 Å². The highest BCUT2D eigenvalue weighted by Crippen LogP contribution is 2.04. The van der Waals surface area contributed by atoms with Gasteiger partial charge in [-0.25, -0.2) is 5.10 Å². The molecule has 11 heavy (non-hydrogen) atoms. The molecule has 5 heteroatoms. The number of hydrogen-bond acceptors (Lipinski definition) is 3. The van der Waals surface area contributed by atoms with Crippen molar-refractivity contribution in [2.24, 2.45) is 0 Å². The van der Waals surface area contributed by atoms with Crippen molar-refractivity contribution < 1.29 is 0 Å². The highest BCUT2D eigenvalue weighted by molar-refractivity contribution is 4.93. The predicted molar refractivity (Wildman–Crippen MR) is 37.4 cm³/mol. The summed E-state index contributed by atoms with van der Waals surface area (Å²) in [6, 6.07) is 0. The summed E-state index contributed by atoms with van der Waals surface area (Å²) in [4.78, 5) is 21.8. The second-order valence-corrected chi connectivity index (χ2v) is 2.53. The van der Waals surface area contributed by atoms with E-state index in [1.54, 1.807) is 0 Å². The fourth-order valence-corrected chi connectivity index (χ4v) is 1.28. The molecule has 2 rings (SSSR count). The maximum Gasteiger partial charge on any atom is 0.330 e. The summed E-state index contributed by atoms with van der Waals surface area (Å²) >= 11 is 0. The summed E-state index contributed by atoms with van der Waals surface area (Å²) in [6.07, 6.45) is 1.69. The number of fused-ring (bicyclic) bond motifs is 1. The Labute approximate surface area is 61.7 Å². The number of nitrogens with one attached hydrogen (secondary N) is 1. The molecule has 0 saturated carbocycles. The lowest BCUT2D eigenvalue weighted by Crippen LogP contribution is -2.37. The molecule has 1 aromatic heterocycles. The normalized spacial score (nSPS) is 14.9. The van der Waals surface area contributed by atoms with Crippen molar-refractivity contribution in [3.63, 3.8) is 0 Å². The Bertz CT molecular complexity index is 390. The average molecular weight is 153 g/mol. The number of nitrogens with zero attached hydrogens (tertiary/aromatic N) is 2. The van der Waals surface area contributed by atoms with Crippen LogP contribution >= 0.6 is 0 Å². The molecule has 1 aliphatic rings. The molecule has 0 amide bonds. The Kier molecular flexibility index (Phi) is 1.18. The Hall–Kier alpha value is -1.39. The molecule has 5 nitrogen and oxygen atoms in total. The highest BCUT2D eigenvalue weighted by atomic mass is 16.2. The molecule has 58 valence electrons. The first-order valence-corrected chi connectivity index (χ1v) is 3.47. The largest absolute Gasteiger partial charge is 0.330 e. The zero-order chi connectivity index (χ0) is 7.84. The monoisotopic (exact) mass is 153 g/mol. The first-order valence-electron chi connectivity index (χ1n) is 3.47. The van der Waals surface area contributed by atoms with Crippen molar-refractivity contribution >= 4 is 0 Å². The maximum atomic E-state index is 11.0. The third kappa shape index (κ3) is 0.806. The minimum Gasteiger partial charge on any atom is -0.290 e. The average Bonchev–Trinajstić information content (AvgIpc) is 2.45. The van der Waals surface area contributed by atoms with Gasteiger partial charge in [-0.1, -0.05) is 0 Å². The molecule has 0 atom stereocenters. The van der Waals surface area contributed by atoms with Crippen LogP contribution in [0.2, 0.25) is 0 Å². The van der Waals surface area contributed by atoms with Crippen LogP contribution in [-0.4, -0.2) is 14.8 Å². The zero-order valence-electron chi connectivity index (χ0n) is 5.83. The van der Waals surface area contributed by atoms with Crippen molar-refractivity contribution in [1.29, 1.82) is 0 Å². The summed E-state index contributed by atoms with van der Waals surface area (Å²) in [7, 11) is 0. The molecule has 0 aromatic carbocycles. The Morgan fingerprint density at radius 2 is 2.27 bits per heavy atom. The van der Waals surface area contributed by atoms with Crippen molar-refractivity contribution in [3.05, 3.63) is 26.5 Å². The van der Waals surface area contributed by atoms with Gasteiger partial charge in [0.1, 0.15) is 5.82 Å². The van der Waals surface area contributed by atoms with Gasteiger partial charge in [0.05, 0.1) is 0 Å². The van der Waals surface area contributed by atoms with Crippen LogP contribution in [0.15, 0.2) is 9.59 Å². The van der Waals surface area contributed by atoms with E-state index in [4.69, 9.17) is 0 Å². The molecule has 0 saturated heterocycles. The summed E-state index contributed by atoms with van der Waals surface area (Å²) in [5.41, 5.74) is -1.11. The minimum absolute atomic E-state index is 0.479. The van der Waals surface area contributed by atoms with Crippen LogP contribution in [0.1, 0.15) is 12.2 Å². The van der Waals surface area contributed by atoms with Gasteiger partial charge in [0.25, 0.3) is 0 Å². The Morgan fingerprint density at radius 1 is 1.45 bits per heavy atom. The van der Waals surface area contributed by atoms with Crippen LogP contribution in [0, 0.1) is 0 Å².